The van der Waals surface area contributed by atoms with Gasteiger partial charge in [0.2, 0.25) is 5.91 Å². The zero-order valence-electron chi connectivity index (χ0n) is 15.4. The third-order valence-corrected chi connectivity index (χ3v) is 5.48. The van der Waals surface area contributed by atoms with Crippen LogP contribution in [-0.2, 0) is 19.1 Å². The largest absolute Gasteiger partial charge is 0.469 e. The number of rotatable bonds is 4. The minimum atomic E-state index is -0.343. The van der Waals surface area contributed by atoms with Crippen LogP contribution in [-0.4, -0.2) is 55.8 Å². The van der Waals surface area contributed by atoms with Gasteiger partial charge < -0.3 is 14.5 Å². The first kappa shape index (κ1) is 18.4. The fraction of sp³-hybridized carbons (Fsp3) is 0.550. The Kier molecular flexibility index (Phi) is 5.59. The molecule has 2 atom stereocenters. The Morgan fingerprint density at radius 3 is 2.50 bits per heavy atom. The van der Waals surface area contributed by atoms with Gasteiger partial charge in [-0.25, -0.2) is 0 Å². The molecule has 1 amide bonds. The Bertz CT molecular complexity index is 695. The number of piperazine rings is 1. The van der Waals surface area contributed by atoms with Crippen molar-refractivity contribution < 1.29 is 19.1 Å². The van der Waals surface area contributed by atoms with Crippen molar-refractivity contribution in [2.24, 2.45) is 5.92 Å². The van der Waals surface area contributed by atoms with E-state index in [1.165, 1.54) is 7.11 Å². The molecule has 1 heterocycles. The molecule has 1 aromatic carbocycles. The summed E-state index contributed by atoms with van der Waals surface area (Å²) < 4.78 is 4.82. The Hall–Kier alpha value is -2.37. The van der Waals surface area contributed by atoms with Crippen molar-refractivity contribution in [3.8, 4) is 0 Å². The summed E-state index contributed by atoms with van der Waals surface area (Å²) in [7, 11) is 1.37. The number of Topliss-reactive ketones (excluding diaryl/α,β-unsaturated/α-hetero) is 1. The second-order valence-corrected chi connectivity index (χ2v) is 6.96. The van der Waals surface area contributed by atoms with Gasteiger partial charge in [0, 0.05) is 50.6 Å². The maximum absolute atomic E-state index is 12.5. The van der Waals surface area contributed by atoms with Gasteiger partial charge in [-0.15, -0.1) is 0 Å². The van der Waals surface area contributed by atoms with E-state index in [9.17, 15) is 14.4 Å². The average Bonchev–Trinajstić information content (AvgIpc) is 3.08. The summed E-state index contributed by atoms with van der Waals surface area (Å²) >= 11 is 0. The van der Waals surface area contributed by atoms with Crippen LogP contribution < -0.4 is 4.90 Å². The number of esters is 1. The monoisotopic (exact) mass is 358 g/mol. The number of ketones is 1. The van der Waals surface area contributed by atoms with E-state index in [1.54, 1.807) is 0 Å². The number of hydrogen-bond acceptors (Lipinski definition) is 5. The van der Waals surface area contributed by atoms with Crippen molar-refractivity contribution >= 4 is 23.3 Å². The fourth-order valence-corrected chi connectivity index (χ4v) is 4.02. The number of amides is 1. The Labute approximate surface area is 154 Å². The summed E-state index contributed by atoms with van der Waals surface area (Å²) in [5, 5.41) is 0. The second kappa shape index (κ2) is 7.89. The van der Waals surface area contributed by atoms with E-state index in [2.05, 4.69) is 4.90 Å². The molecule has 0 spiro atoms. The van der Waals surface area contributed by atoms with Crippen LogP contribution in [0.4, 0.5) is 5.69 Å². The van der Waals surface area contributed by atoms with Crippen LogP contribution in [0.5, 0.6) is 0 Å². The first-order valence-electron chi connectivity index (χ1n) is 9.27. The molecule has 0 radical (unpaired) electrons. The quantitative estimate of drug-likeness (QED) is 0.770. The van der Waals surface area contributed by atoms with E-state index in [0.717, 1.165) is 24.3 Å². The van der Waals surface area contributed by atoms with E-state index >= 15 is 0 Å². The van der Waals surface area contributed by atoms with Crippen molar-refractivity contribution in [1.82, 2.24) is 4.90 Å². The lowest BCUT2D eigenvalue weighted by atomic mass is 9.93. The van der Waals surface area contributed by atoms with Gasteiger partial charge in [0.1, 0.15) is 5.78 Å². The first-order valence-corrected chi connectivity index (χ1v) is 9.27. The molecule has 2 fully saturated rings. The van der Waals surface area contributed by atoms with Crippen LogP contribution in [0.25, 0.3) is 0 Å². The van der Waals surface area contributed by atoms with Gasteiger partial charge in [-0.2, -0.15) is 0 Å². The van der Waals surface area contributed by atoms with E-state index in [0.29, 0.717) is 25.9 Å². The Morgan fingerprint density at radius 1 is 1.15 bits per heavy atom. The number of carbonyl (C=O) groups excluding carboxylic acids is 3. The van der Waals surface area contributed by atoms with Gasteiger partial charge in [-0.3, -0.25) is 14.4 Å². The molecule has 26 heavy (non-hydrogen) atoms. The molecule has 1 aliphatic heterocycles. The molecule has 0 unspecified atom stereocenters. The standard InChI is InChI=1S/C20H26N2O4/c1-3-19(24)22-10-8-21(9-11-22)17-7-5-4-6-15(17)16-12-14(13-18(16)23)20(25)26-2/h4-7,14,16H,3,8-13H2,1-2H3/t14-,16+/m0/s1. The maximum atomic E-state index is 12.5. The molecule has 0 aromatic heterocycles. The van der Waals surface area contributed by atoms with Gasteiger partial charge in [0.25, 0.3) is 0 Å². The van der Waals surface area contributed by atoms with Crippen molar-refractivity contribution in [3.05, 3.63) is 29.8 Å². The van der Waals surface area contributed by atoms with Gasteiger partial charge in [0.15, 0.2) is 0 Å². The highest BCUT2D eigenvalue weighted by atomic mass is 16.5. The zero-order chi connectivity index (χ0) is 18.7. The summed E-state index contributed by atoms with van der Waals surface area (Å²) in [6.07, 6.45) is 1.29. The summed E-state index contributed by atoms with van der Waals surface area (Å²) in [5.41, 5.74) is 2.03. The predicted molar refractivity (Wildman–Crippen MR) is 98.0 cm³/mol. The van der Waals surface area contributed by atoms with Crippen LogP contribution in [0.3, 0.4) is 0 Å². The highest BCUT2D eigenvalue weighted by Crippen LogP contribution is 2.40. The topological polar surface area (TPSA) is 66.9 Å². The summed E-state index contributed by atoms with van der Waals surface area (Å²) in [5.74, 6) is -0.613. The third kappa shape index (κ3) is 3.59. The SMILES string of the molecule is CCC(=O)N1CCN(c2ccccc2[C@H]2C[C@H](C(=O)OC)CC2=O)CC1. The van der Waals surface area contributed by atoms with Crippen LogP contribution in [0.1, 0.15) is 37.7 Å². The van der Waals surface area contributed by atoms with Crippen LogP contribution in [0.2, 0.25) is 0 Å². The summed E-state index contributed by atoms with van der Waals surface area (Å²) in [6, 6.07) is 7.93. The number of para-hydroxylation sites is 1. The number of nitrogens with zero attached hydrogens (tertiary/aromatic N) is 2. The van der Waals surface area contributed by atoms with Gasteiger partial charge in [0.05, 0.1) is 13.0 Å². The molecule has 1 saturated carbocycles. The fourth-order valence-electron chi connectivity index (χ4n) is 4.02. The molecule has 1 saturated heterocycles. The lowest BCUT2D eigenvalue weighted by molar-refractivity contribution is -0.145. The van der Waals surface area contributed by atoms with Crippen LogP contribution in [0, 0.1) is 5.92 Å². The smallest absolute Gasteiger partial charge is 0.309 e. The predicted octanol–water partition coefficient (Wildman–Crippen LogP) is 1.98. The van der Waals surface area contributed by atoms with Crippen molar-refractivity contribution in [1.29, 1.82) is 0 Å². The van der Waals surface area contributed by atoms with E-state index in [1.807, 2.05) is 36.1 Å². The van der Waals surface area contributed by atoms with Crippen LogP contribution >= 0.6 is 0 Å². The van der Waals surface area contributed by atoms with Gasteiger partial charge >= 0.3 is 5.97 Å². The number of hydrogen-bond donors (Lipinski definition) is 0. The molecule has 140 valence electrons. The number of methoxy groups -OCH3 is 1. The van der Waals surface area contributed by atoms with Gasteiger partial charge in [-0.05, 0) is 18.1 Å². The summed E-state index contributed by atoms with van der Waals surface area (Å²) in [6.45, 7) is 4.79. The highest BCUT2D eigenvalue weighted by Gasteiger charge is 2.39. The molecular weight excluding hydrogens is 332 g/mol. The minimum Gasteiger partial charge on any atom is -0.469 e. The van der Waals surface area contributed by atoms with E-state index in [4.69, 9.17) is 4.74 Å². The highest BCUT2D eigenvalue weighted by molar-refractivity contribution is 5.94. The normalized spacial score (nSPS) is 23.2. The van der Waals surface area contributed by atoms with E-state index < -0.39 is 0 Å². The number of carbonyl (C=O) groups is 3. The van der Waals surface area contributed by atoms with Crippen molar-refractivity contribution in [2.45, 2.75) is 32.1 Å². The maximum Gasteiger partial charge on any atom is 0.309 e. The van der Waals surface area contributed by atoms with Gasteiger partial charge in [-0.1, -0.05) is 25.1 Å². The molecule has 6 heteroatoms. The number of anilines is 1. The molecule has 3 rings (SSSR count). The molecule has 0 N–H and O–H groups in total. The Balaban J connectivity index is 1.76. The average molecular weight is 358 g/mol. The second-order valence-electron chi connectivity index (χ2n) is 6.96. The molecule has 1 aromatic rings. The van der Waals surface area contributed by atoms with Crippen molar-refractivity contribution in [2.75, 3.05) is 38.2 Å². The van der Waals surface area contributed by atoms with Crippen molar-refractivity contribution in [3.63, 3.8) is 0 Å². The minimum absolute atomic E-state index is 0.104. The third-order valence-electron chi connectivity index (χ3n) is 5.48. The first-order chi connectivity index (χ1) is 12.5. The number of benzene rings is 1. The lowest BCUT2D eigenvalue weighted by Crippen LogP contribution is -2.49. The summed E-state index contributed by atoms with van der Waals surface area (Å²) in [4.78, 5) is 40.4. The lowest BCUT2D eigenvalue weighted by Gasteiger charge is -2.37. The molecule has 0 bridgehead atoms. The molecule has 2 aliphatic rings. The van der Waals surface area contributed by atoms with E-state index in [-0.39, 0.29) is 35.9 Å². The Morgan fingerprint density at radius 2 is 1.85 bits per heavy atom. The van der Waals surface area contributed by atoms with Crippen LogP contribution in [0.15, 0.2) is 24.3 Å². The molecular formula is C20H26N2O4. The number of ether oxygens (including phenoxy) is 1. The molecule has 1 aliphatic carbocycles. The zero-order valence-corrected chi connectivity index (χ0v) is 15.4. The molecule has 6 nitrogen and oxygen atoms in total.